The van der Waals surface area contributed by atoms with Crippen LogP contribution in [0.1, 0.15) is 45.4 Å². The van der Waals surface area contributed by atoms with E-state index in [0.717, 1.165) is 25.7 Å². The van der Waals surface area contributed by atoms with Gasteiger partial charge in [-0.2, -0.15) is 5.26 Å². The summed E-state index contributed by atoms with van der Waals surface area (Å²) in [6.45, 7) is 2.05. The minimum Gasteiger partial charge on any atom is -0.465 e. The molecular weight excluding hydrogens is 244 g/mol. The first-order valence-corrected chi connectivity index (χ1v) is 7.01. The van der Waals surface area contributed by atoms with Crippen molar-refractivity contribution in [2.45, 2.75) is 51.5 Å². The predicted molar refractivity (Wildman–Crippen MR) is 67.9 cm³/mol. The van der Waals surface area contributed by atoms with Crippen molar-refractivity contribution in [1.29, 1.82) is 5.26 Å². The zero-order chi connectivity index (χ0) is 13.9. The van der Waals surface area contributed by atoms with E-state index in [2.05, 4.69) is 6.07 Å². The summed E-state index contributed by atoms with van der Waals surface area (Å²) in [6.07, 6.45) is 4.91. The van der Waals surface area contributed by atoms with Crippen molar-refractivity contribution < 1.29 is 14.3 Å². The lowest BCUT2D eigenvalue weighted by atomic mass is 9.86. The number of nitrogens with zero attached hydrogens (tertiary/aromatic N) is 2. The van der Waals surface area contributed by atoms with Crippen LogP contribution in [-0.4, -0.2) is 36.0 Å². The monoisotopic (exact) mass is 264 g/mol. The fourth-order valence-electron chi connectivity index (χ4n) is 2.73. The van der Waals surface area contributed by atoms with Gasteiger partial charge in [0.15, 0.2) is 0 Å². The number of hydrogen-bond acceptors (Lipinski definition) is 4. The Morgan fingerprint density at radius 2 is 2.00 bits per heavy atom. The third-order valence-corrected chi connectivity index (χ3v) is 3.93. The Morgan fingerprint density at radius 1 is 1.37 bits per heavy atom. The minimum absolute atomic E-state index is 0.0131. The molecule has 0 aromatic heterocycles. The molecule has 0 heterocycles. The Hall–Kier alpha value is -1.57. The molecule has 2 rings (SSSR count). The van der Waals surface area contributed by atoms with Crippen LogP contribution < -0.4 is 0 Å². The van der Waals surface area contributed by atoms with Crippen LogP contribution in [0.4, 0.5) is 0 Å². The molecule has 5 nitrogen and oxygen atoms in total. The fourth-order valence-corrected chi connectivity index (χ4v) is 2.73. The van der Waals surface area contributed by atoms with Gasteiger partial charge in [0.05, 0.1) is 12.7 Å². The Labute approximate surface area is 113 Å². The number of carbonyl (C=O) groups excluding carboxylic acids is 2. The molecular formula is C14H20N2O3. The summed E-state index contributed by atoms with van der Waals surface area (Å²) < 4.78 is 4.91. The predicted octanol–water partition coefficient (Wildman–Crippen LogP) is 1.62. The highest BCUT2D eigenvalue weighted by atomic mass is 16.5. The van der Waals surface area contributed by atoms with E-state index in [1.807, 2.05) is 0 Å². The Balaban J connectivity index is 2.08. The lowest BCUT2D eigenvalue weighted by Crippen LogP contribution is -2.46. The molecule has 0 bridgehead atoms. The molecule has 0 radical (unpaired) electrons. The van der Waals surface area contributed by atoms with Crippen molar-refractivity contribution in [1.82, 2.24) is 4.90 Å². The van der Waals surface area contributed by atoms with Crippen LogP contribution in [0.5, 0.6) is 0 Å². The molecule has 0 atom stereocenters. The van der Waals surface area contributed by atoms with Gasteiger partial charge in [-0.3, -0.25) is 9.59 Å². The molecule has 0 unspecified atom stereocenters. The average Bonchev–Trinajstić information content (AvgIpc) is 3.12. The van der Waals surface area contributed by atoms with Gasteiger partial charge in [-0.1, -0.05) is 12.8 Å². The van der Waals surface area contributed by atoms with Crippen LogP contribution in [0.25, 0.3) is 0 Å². The van der Waals surface area contributed by atoms with Crippen molar-refractivity contribution in [2.24, 2.45) is 5.41 Å². The molecule has 2 saturated carbocycles. The molecule has 0 aromatic carbocycles. The molecule has 0 N–H and O–H groups in total. The number of rotatable bonds is 5. The minimum atomic E-state index is -0.894. The third kappa shape index (κ3) is 2.89. The van der Waals surface area contributed by atoms with Gasteiger partial charge in [-0.15, -0.1) is 0 Å². The Bertz CT molecular complexity index is 403. The van der Waals surface area contributed by atoms with E-state index in [1.54, 1.807) is 11.8 Å². The molecule has 5 heteroatoms. The van der Waals surface area contributed by atoms with Gasteiger partial charge in [0.25, 0.3) is 0 Å². The summed E-state index contributed by atoms with van der Waals surface area (Å²) in [5.41, 5.74) is -0.894. The normalized spacial score (nSPS) is 20.6. The first-order valence-electron chi connectivity index (χ1n) is 7.01. The molecule has 19 heavy (non-hydrogen) atoms. The molecule has 0 aliphatic heterocycles. The number of esters is 1. The summed E-state index contributed by atoms with van der Waals surface area (Å²) in [4.78, 5) is 25.8. The lowest BCUT2D eigenvalue weighted by Gasteiger charge is -2.29. The number of carbonyl (C=O) groups is 2. The second-order valence-electron chi connectivity index (χ2n) is 5.37. The van der Waals surface area contributed by atoms with Crippen LogP contribution in [-0.2, 0) is 14.3 Å². The van der Waals surface area contributed by atoms with Crippen molar-refractivity contribution in [3.05, 3.63) is 0 Å². The molecule has 0 aromatic rings. The van der Waals surface area contributed by atoms with Crippen LogP contribution in [0.3, 0.4) is 0 Å². The Kier molecular flexibility index (Phi) is 4.08. The number of hydrogen-bond donors (Lipinski definition) is 0. The van der Waals surface area contributed by atoms with Crippen molar-refractivity contribution in [3.8, 4) is 6.07 Å². The number of nitriles is 1. The van der Waals surface area contributed by atoms with Crippen molar-refractivity contribution >= 4 is 11.9 Å². The first-order chi connectivity index (χ1) is 9.13. The first kappa shape index (κ1) is 13.9. The summed E-state index contributed by atoms with van der Waals surface area (Å²) in [5, 5.41) is 9.36. The van der Waals surface area contributed by atoms with E-state index < -0.39 is 5.41 Å². The van der Waals surface area contributed by atoms with Crippen molar-refractivity contribution in [3.63, 3.8) is 0 Å². The topological polar surface area (TPSA) is 70.4 Å². The van der Waals surface area contributed by atoms with Gasteiger partial charge >= 0.3 is 5.97 Å². The maximum Gasteiger partial charge on any atom is 0.325 e. The van der Waals surface area contributed by atoms with Gasteiger partial charge in [0.2, 0.25) is 5.91 Å². The van der Waals surface area contributed by atoms with Crippen LogP contribution in [0, 0.1) is 16.7 Å². The van der Waals surface area contributed by atoms with E-state index in [1.165, 1.54) is 0 Å². The summed E-state index contributed by atoms with van der Waals surface area (Å²) in [7, 11) is 0. The van der Waals surface area contributed by atoms with E-state index in [9.17, 15) is 14.9 Å². The van der Waals surface area contributed by atoms with E-state index in [0.29, 0.717) is 19.4 Å². The summed E-state index contributed by atoms with van der Waals surface area (Å²) >= 11 is 0. The van der Waals surface area contributed by atoms with E-state index in [4.69, 9.17) is 4.74 Å². The quantitative estimate of drug-likeness (QED) is 0.707. The van der Waals surface area contributed by atoms with Crippen molar-refractivity contribution in [2.75, 3.05) is 13.2 Å². The third-order valence-electron chi connectivity index (χ3n) is 3.93. The van der Waals surface area contributed by atoms with Gasteiger partial charge in [0.1, 0.15) is 12.0 Å². The van der Waals surface area contributed by atoms with Gasteiger partial charge in [0, 0.05) is 6.04 Å². The fraction of sp³-hybridized carbons (Fsp3) is 0.786. The van der Waals surface area contributed by atoms with Gasteiger partial charge in [-0.05, 0) is 32.6 Å². The molecule has 2 aliphatic rings. The molecule has 2 fully saturated rings. The smallest absolute Gasteiger partial charge is 0.325 e. The molecule has 2 aliphatic carbocycles. The number of ether oxygens (including phenoxy) is 1. The highest BCUT2D eigenvalue weighted by molar-refractivity contribution is 5.89. The average molecular weight is 264 g/mol. The molecule has 0 spiro atoms. The van der Waals surface area contributed by atoms with Gasteiger partial charge in [-0.25, -0.2) is 0 Å². The second kappa shape index (κ2) is 5.60. The SMILES string of the molecule is CCOC(=O)CN(C(=O)C1(C#N)CCCC1)C1CC1. The standard InChI is InChI=1S/C14H20N2O3/c1-2-19-12(17)9-16(11-5-6-11)13(18)14(10-15)7-3-4-8-14/h11H,2-9H2,1H3. The highest BCUT2D eigenvalue weighted by Gasteiger charge is 2.47. The summed E-state index contributed by atoms with van der Waals surface area (Å²) in [5.74, 6) is -0.545. The largest absolute Gasteiger partial charge is 0.465 e. The van der Waals surface area contributed by atoms with Crippen LogP contribution >= 0.6 is 0 Å². The Morgan fingerprint density at radius 3 is 2.47 bits per heavy atom. The number of amides is 1. The zero-order valence-electron chi connectivity index (χ0n) is 11.4. The molecule has 0 saturated heterocycles. The van der Waals surface area contributed by atoms with E-state index in [-0.39, 0.29) is 24.5 Å². The second-order valence-corrected chi connectivity index (χ2v) is 5.37. The summed E-state index contributed by atoms with van der Waals surface area (Å²) in [6, 6.07) is 2.33. The maximum atomic E-state index is 12.6. The van der Waals surface area contributed by atoms with Crippen LogP contribution in [0.15, 0.2) is 0 Å². The zero-order valence-corrected chi connectivity index (χ0v) is 11.4. The maximum absolute atomic E-state index is 12.6. The lowest BCUT2D eigenvalue weighted by molar-refractivity contribution is -0.152. The molecule has 1 amide bonds. The molecule has 104 valence electrons. The van der Waals surface area contributed by atoms with Crippen LogP contribution in [0.2, 0.25) is 0 Å². The highest BCUT2D eigenvalue weighted by Crippen LogP contribution is 2.41. The van der Waals surface area contributed by atoms with E-state index >= 15 is 0 Å². The van der Waals surface area contributed by atoms with Gasteiger partial charge < -0.3 is 9.64 Å².